The Kier molecular flexibility index (Phi) is 7.27. The van der Waals surface area contributed by atoms with Gasteiger partial charge in [-0.2, -0.15) is 0 Å². The predicted octanol–water partition coefficient (Wildman–Crippen LogP) is 3.67. The normalized spacial score (nSPS) is 10.6. The lowest BCUT2D eigenvalue weighted by molar-refractivity contribution is -0.119. The van der Waals surface area contributed by atoms with Gasteiger partial charge < -0.3 is 14.8 Å². The largest absolute Gasteiger partial charge is 0.462 e. The van der Waals surface area contributed by atoms with Gasteiger partial charge in [0.25, 0.3) is 5.91 Å². The molecule has 0 aliphatic carbocycles. The minimum atomic E-state index is -0.687. The number of rotatable bonds is 8. The summed E-state index contributed by atoms with van der Waals surface area (Å²) in [5, 5.41) is 13.9. The molecule has 0 saturated heterocycles. The molecule has 2 heterocycles. The molecular weight excluding hydrogens is 470 g/mol. The fourth-order valence-electron chi connectivity index (χ4n) is 3.35. The molecule has 2 aromatic heterocycles. The van der Waals surface area contributed by atoms with Gasteiger partial charge in [0.1, 0.15) is 11.3 Å². The van der Waals surface area contributed by atoms with Crippen LogP contribution in [0, 0.1) is 6.92 Å². The molecule has 0 unspecified atom stereocenters. The number of carbonyl (C=O) groups is 3. The van der Waals surface area contributed by atoms with Crippen molar-refractivity contribution in [1.29, 1.82) is 0 Å². The van der Waals surface area contributed by atoms with Crippen molar-refractivity contribution >= 4 is 34.2 Å². The number of hydrogen-bond donors (Lipinski definition) is 1. The molecule has 35 heavy (non-hydrogen) atoms. The van der Waals surface area contributed by atoms with E-state index < -0.39 is 24.5 Å². The Morgan fingerprint density at radius 1 is 1.03 bits per heavy atom. The Labute approximate surface area is 204 Å². The summed E-state index contributed by atoms with van der Waals surface area (Å²) in [5.74, 6) is -1.80. The quantitative estimate of drug-likeness (QED) is 0.370. The van der Waals surface area contributed by atoms with Crippen molar-refractivity contribution in [2.45, 2.75) is 13.8 Å². The van der Waals surface area contributed by atoms with Gasteiger partial charge in [0.2, 0.25) is 0 Å². The lowest BCUT2D eigenvalue weighted by Gasteiger charge is -2.08. The molecule has 0 atom stereocenters. The van der Waals surface area contributed by atoms with E-state index in [1.807, 2.05) is 30.3 Å². The number of thiophene rings is 1. The highest BCUT2D eigenvalue weighted by atomic mass is 32.1. The van der Waals surface area contributed by atoms with Crippen LogP contribution in [0.15, 0.2) is 60.9 Å². The van der Waals surface area contributed by atoms with Gasteiger partial charge in [-0.25, -0.2) is 14.3 Å². The van der Waals surface area contributed by atoms with E-state index in [9.17, 15) is 14.4 Å². The Hall–Kier alpha value is -4.38. The van der Waals surface area contributed by atoms with Crippen LogP contribution in [-0.2, 0) is 14.3 Å². The Morgan fingerprint density at radius 3 is 2.54 bits per heavy atom. The summed E-state index contributed by atoms with van der Waals surface area (Å²) in [6.07, 6.45) is 1.39. The standard InChI is InChI=1S/C24H21N5O5S/c1-3-33-24(32)20-15(2)21(16-8-5-4-6-9-16)35-22(20)26-19(30)13-34-23(31)17-10-7-11-18(12-17)29-14-25-27-28-29/h4-12,14H,3,13H2,1-2H3,(H,26,30). The fraction of sp³-hybridized carbons (Fsp3) is 0.167. The summed E-state index contributed by atoms with van der Waals surface area (Å²) in [6, 6.07) is 16.0. The van der Waals surface area contributed by atoms with Crippen molar-refractivity contribution in [2.24, 2.45) is 0 Å². The SMILES string of the molecule is CCOC(=O)c1c(NC(=O)COC(=O)c2cccc(-n3cnnn3)c2)sc(-c2ccccc2)c1C. The summed E-state index contributed by atoms with van der Waals surface area (Å²) in [4.78, 5) is 38.6. The van der Waals surface area contributed by atoms with E-state index in [1.165, 1.54) is 22.3 Å². The first-order valence-electron chi connectivity index (χ1n) is 10.6. The highest BCUT2D eigenvalue weighted by Crippen LogP contribution is 2.40. The average Bonchev–Trinajstić information content (AvgIpc) is 3.52. The second-order valence-corrected chi connectivity index (χ2v) is 8.30. The zero-order valence-electron chi connectivity index (χ0n) is 18.9. The van der Waals surface area contributed by atoms with Crippen LogP contribution < -0.4 is 5.32 Å². The molecule has 178 valence electrons. The van der Waals surface area contributed by atoms with E-state index in [2.05, 4.69) is 20.8 Å². The number of carbonyl (C=O) groups excluding carboxylic acids is 3. The first-order valence-corrected chi connectivity index (χ1v) is 11.5. The van der Waals surface area contributed by atoms with Crippen molar-refractivity contribution in [3.63, 3.8) is 0 Å². The van der Waals surface area contributed by atoms with Gasteiger partial charge in [0, 0.05) is 4.88 Å². The van der Waals surface area contributed by atoms with Gasteiger partial charge in [0.15, 0.2) is 6.61 Å². The summed E-state index contributed by atoms with van der Waals surface area (Å²) in [6.45, 7) is 3.18. The lowest BCUT2D eigenvalue weighted by atomic mass is 10.1. The summed E-state index contributed by atoms with van der Waals surface area (Å²) in [7, 11) is 0. The molecule has 11 heteroatoms. The highest BCUT2D eigenvalue weighted by Gasteiger charge is 2.24. The van der Waals surface area contributed by atoms with Gasteiger partial charge in [-0.1, -0.05) is 36.4 Å². The first-order chi connectivity index (χ1) is 17.0. The second-order valence-electron chi connectivity index (χ2n) is 7.28. The van der Waals surface area contributed by atoms with Gasteiger partial charge >= 0.3 is 11.9 Å². The zero-order valence-corrected chi connectivity index (χ0v) is 19.7. The van der Waals surface area contributed by atoms with E-state index in [4.69, 9.17) is 9.47 Å². The number of amides is 1. The minimum absolute atomic E-state index is 0.198. The second kappa shape index (κ2) is 10.7. The van der Waals surface area contributed by atoms with Crippen molar-refractivity contribution in [3.05, 3.63) is 77.6 Å². The van der Waals surface area contributed by atoms with E-state index >= 15 is 0 Å². The third kappa shape index (κ3) is 5.41. The molecule has 4 aromatic rings. The van der Waals surface area contributed by atoms with Gasteiger partial charge in [0.05, 0.1) is 23.4 Å². The number of nitrogens with one attached hydrogen (secondary N) is 1. The minimum Gasteiger partial charge on any atom is -0.462 e. The number of aromatic nitrogens is 4. The first kappa shape index (κ1) is 23.8. The third-order valence-corrected chi connectivity index (χ3v) is 6.20. The fourth-order valence-corrected chi connectivity index (χ4v) is 4.56. The highest BCUT2D eigenvalue weighted by molar-refractivity contribution is 7.20. The van der Waals surface area contributed by atoms with Gasteiger partial charge in [-0.15, -0.1) is 16.4 Å². The van der Waals surface area contributed by atoms with Gasteiger partial charge in [-0.3, -0.25) is 4.79 Å². The van der Waals surface area contributed by atoms with Gasteiger partial charge in [-0.05, 0) is 53.6 Å². The third-order valence-electron chi connectivity index (χ3n) is 4.95. The van der Waals surface area contributed by atoms with Crippen LogP contribution in [0.1, 0.15) is 33.2 Å². The lowest BCUT2D eigenvalue weighted by Crippen LogP contribution is -2.22. The predicted molar refractivity (Wildman–Crippen MR) is 129 cm³/mol. The molecule has 0 radical (unpaired) electrons. The van der Waals surface area contributed by atoms with Crippen molar-refractivity contribution < 1.29 is 23.9 Å². The average molecular weight is 492 g/mol. The molecule has 1 N–H and O–H groups in total. The number of benzene rings is 2. The number of nitrogens with zero attached hydrogens (tertiary/aromatic N) is 4. The monoisotopic (exact) mass is 491 g/mol. The number of ether oxygens (including phenoxy) is 2. The molecule has 0 spiro atoms. The van der Waals surface area contributed by atoms with Crippen LogP contribution in [0.3, 0.4) is 0 Å². The maximum absolute atomic E-state index is 12.6. The van der Waals surface area contributed by atoms with Crippen LogP contribution in [0.25, 0.3) is 16.1 Å². The van der Waals surface area contributed by atoms with Crippen LogP contribution in [0.5, 0.6) is 0 Å². The smallest absolute Gasteiger partial charge is 0.341 e. The van der Waals surface area contributed by atoms with Crippen LogP contribution in [0.2, 0.25) is 0 Å². The van der Waals surface area contributed by atoms with Crippen molar-refractivity contribution in [3.8, 4) is 16.1 Å². The number of anilines is 1. The maximum Gasteiger partial charge on any atom is 0.341 e. The Bertz CT molecular complexity index is 1350. The van der Waals surface area contributed by atoms with Crippen LogP contribution in [-0.4, -0.2) is 51.3 Å². The molecule has 0 saturated carbocycles. The molecule has 0 fully saturated rings. The Morgan fingerprint density at radius 2 is 1.83 bits per heavy atom. The summed E-state index contributed by atoms with van der Waals surface area (Å²) in [5.41, 5.74) is 2.69. The molecular formula is C24H21N5O5S. The van der Waals surface area contributed by atoms with Crippen LogP contribution in [0.4, 0.5) is 5.00 Å². The van der Waals surface area contributed by atoms with Crippen molar-refractivity contribution in [2.75, 3.05) is 18.5 Å². The number of tetrazole rings is 1. The van der Waals surface area contributed by atoms with E-state index in [1.54, 1.807) is 38.1 Å². The topological polar surface area (TPSA) is 125 Å². The van der Waals surface area contributed by atoms with E-state index in [0.717, 1.165) is 10.4 Å². The van der Waals surface area contributed by atoms with Crippen LogP contribution >= 0.6 is 11.3 Å². The molecule has 0 aliphatic heterocycles. The van der Waals surface area contributed by atoms with E-state index in [0.29, 0.717) is 16.3 Å². The molecule has 0 aliphatic rings. The summed E-state index contributed by atoms with van der Waals surface area (Å²) < 4.78 is 11.8. The zero-order chi connectivity index (χ0) is 24.8. The van der Waals surface area contributed by atoms with E-state index in [-0.39, 0.29) is 17.7 Å². The maximum atomic E-state index is 12.6. The molecule has 1 amide bonds. The number of esters is 2. The number of hydrogen-bond acceptors (Lipinski definition) is 9. The molecule has 4 rings (SSSR count). The summed E-state index contributed by atoms with van der Waals surface area (Å²) >= 11 is 1.26. The van der Waals surface area contributed by atoms with Crippen molar-refractivity contribution in [1.82, 2.24) is 20.2 Å². The Balaban J connectivity index is 1.48. The molecule has 0 bridgehead atoms. The molecule has 10 nitrogen and oxygen atoms in total. The molecule has 2 aromatic carbocycles.